The van der Waals surface area contributed by atoms with Crippen LogP contribution in [0.5, 0.6) is 0 Å². The van der Waals surface area contributed by atoms with E-state index in [-0.39, 0.29) is 18.2 Å². The Labute approximate surface area is 124 Å². The summed E-state index contributed by atoms with van der Waals surface area (Å²) in [5.41, 5.74) is 10.3. The summed E-state index contributed by atoms with van der Waals surface area (Å²) in [6.07, 6.45) is 0. The van der Waals surface area contributed by atoms with E-state index in [2.05, 4.69) is 0 Å². The van der Waals surface area contributed by atoms with Crippen molar-refractivity contribution in [3.8, 4) is 11.1 Å². The van der Waals surface area contributed by atoms with E-state index in [9.17, 15) is 4.39 Å². The fourth-order valence-corrected chi connectivity index (χ4v) is 2.36. The average Bonchev–Trinajstić information content (AvgIpc) is 2.32. The molecule has 0 saturated heterocycles. The van der Waals surface area contributed by atoms with Crippen LogP contribution >= 0.6 is 24.0 Å². The summed E-state index contributed by atoms with van der Waals surface area (Å²) in [6.45, 7) is 4.47. The molecule has 0 aromatic heterocycles. The van der Waals surface area contributed by atoms with Crippen LogP contribution in [0.1, 0.15) is 16.7 Å². The Kier molecular flexibility index (Phi) is 5.36. The Morgan fingerprint density at radius 2 is 1.68 bits per heavy atom. The minimum atomic E-state index is -0.265. The lowest BCUT2D eigenvalue weighted by atomic mass is 9.95. The van der Waals surface area contributed by atoms with Gasteiger partial charge < -0.3 is 5.73 Å². The van der Waals surface area contributed by atoms with Crippen LogP contribution in [0.15, 0.2) is 30.3 Å². The van der Waals surface area contributed by atoms with Gasteiger partial charge in [-0.05, 0) is 54.3 Å². The first kappa shape index (κ1) is 16.0. The first-order valence-corrected chi connectivity index (χ1v) is 6.16. The SMILES string of the molecule is Cc1cc(-c2cc(Cl)ccc2F)cc(C)c1CN.Cl. The van der Waals surface area contributed by atoms with Gasteiger partial charge in [-0.1, -0.05) is 23.7 Å². The Morgan fingerprint density at radius 1 is 1.11 bits per heavy atom. The summed E-state index contributed by atoms with van der Waals surface area (Å²) in [6, 6.07) is 8.48. The lowest BCUT2D eigenvalue weighted by molar-refractivity contribution is 0.631. The quantitative estimate of drug-likeness (QED) is 0.859. The lowest BCUT2D eigenvalue weighted by Crippen LogP contribution is -2.02. The largest absolute Gasteiger partial charge is 0.326 e. The number of aryl methyl sites for hydroxylation is 2. The highest BCUT2D eigenvalue weighted by atomic mass is 35.5. The molecule has 0 heterocycles. The van der Waals surface area contributed by atoms with Crippen LogP contribution in [0.25, 0.3) is 11.1 Å². The molecule has 0 aliphatic heterocycles. The van der Waals surface area contributed by atoms with E-state index in [1.807, 2.05) is 26.0 Å². The van der Waals surface area contributed by atoms with Crippen LogP contribution in [0.2, 0.25) is 5.02 Å². The molecule has 2 N–H and O–H groups in total. The maximum Gasteiger partial charge on any atom is 0.131 e. The molecule has 4 heteroatoms. The second-order valence-electron chi connectivity index (χ2n) is 4.42. The van der Waals surface area contributed by atoms with E-state index in [0.29, 0.717) is 17.1 Å². The minimum absolute atomic E-state index is 0. The molecular weight excluding hydrogens is 284 g/mol. The van der Waals surface area contributed by atoms with Gasteiger partial charge in [0.25, 0.3) is 0 Å². The molecule has 2 aromatic carbocycles. The Balaban J connectivity index is 0.00000180. The zero-order chi connectivity index (χ0) is 13.3. The van der Waals surface area contributed by atoms with Crippen molar-refractivity contribution in [3.05, 3.63) is 57.9 Å². The number of hydrogen-bond donors (Lipinski definition) is 1. The van der Waals surface area contributed by atoms with E-state index in [4.69, 9.17) is 17.3 Å². The smallest absolute Gasteiger partial charge is 0.131 e. The van der Waals surface area contributed by atoms with Crippen molar-refractivity contribution in [1.29, 1.82) is 0 Å². The highest BCUT2D eigenvalue weighted by Gasteiger charge is 2.09. The third-order valence-corrected chi connectivity index (χ3v) is 3.37. The monoisotopic (exact) mass is 299 g/mol. The Hall–Kier alpha value is -1.09. The van der Waals surface area contributed by atoms with E-state index in [1.54, 1.807) is 12.1 Å². The molecule has 0 radical (unpaired) electrons. The predicted molar refractivity (Wildman–Crippen MR) is 81.5 cm³/mol. The number of hydrogen-bond acceptors (Lipinski definition) is 1. The molecule has 2 aromatic rings. The van der Waals surface area contributed by atoms with Gasteiger partial charge >= 0.3 is 0 Å². The first-order chi connectivity index (χ1) is 8.52. The number of rotatable bonds is 2. The van der Waals surface area contributed by atoms with Crippen LogP contribution < -0.4 is 5.73 Å². The Bertz CT molecular complexity index is 574. The molecule has 0 amide bonds. The van der Waals surface area contributed by atoms with Gasteiger partial charge in [0.2, 0.25) is 0 Å². The van der Waals surface area contributed by atoms with Gasteiger partial charge in [0.1, 0.15) is 5.82 Å². The van der Waals surface area contributed by atoms with E-state index in [0.717, 1.165) is 22.3 Å². The molecule has 0 atom stereocenters. The van der Waals surface area contributed by atoms with Crippen LogP contribution in [0, 0.1) is 19.7 Å². The second-order valence-corrected chi connectivity index (χ2v) is 4.85. The number of halogens is 3. The molecular formula is C15H16Cl2FN. The molecule has 0 spiro atoms. The molecule has 0 aliphatic carbocycles. The molecule has 0 aliphatic rings. The lowest BCUT2D eigenvalue weighted by Gasteiger charge is -2.12. The summed E-state index contributed by atoms with van der Waals surface area (Å²) in [5.74, 6) is -0.265. The highest BCUT2D eigenvalue weighted by Crippen LogP contribution is 2.29. The maximum atomic E-state index is 13.8. The summed E-state index contributed by atoms with van der Waals surface area (Å²) in [4.78, 5) is 0. The van der Waals surface area contributed by atoms with Crippen molar-refractivity contribution in [2.24, 2.45) is 5.73 Å². The molecule has 19 heavy (non-hydrogen) atoms. The van der Waals surface area contributed by atoms with Gasteiger partial charge in [-0.15, -0.1) is 12.4 Å². The zero-order valence-electron chi connectivity index (χ0n) is 10.8. The van der Waals surface area contributed by atoms with Crippen LogP contribution in [-0.4, -0.2) is 0 Å². The van der Waals surface area contributed by atoms with Gasteiger partial charge in [-0.3, -0.25) is 0 Å². The van der Waals surface area contributed by atoms with E-state index in [1.165, 1.54) is 6.07 Å². The summed E-state index contributed by atoms with van der Waals surface area (Å²) < 4.78 is 13.8. The maximum absolute atomic E-state index is 13.8. The van der Waals surface area contributed by atoms with Crippen LogP contribution in [-0.2, 0) is 6.54 Å². The third-order valence-electron chi connectivity index (χ3n) is 3.14. The standard InChI is InChI=1S/C15H15ClFN.ClH/c1-9-5-11(6-10(2)14(9)8-18)13-7-12(16)3-4-15(13)17;/h3-7H,8,18H2,1-2H3;1H. The molecule has 2 rings (SSSR count). The fourth-order valence-electron chi connectivity index (χ4n) is 2.19. The van der Waals surface area contributed by atoms with E-state index >= 15 is 0 Å². The van der Waals surface area contributed by atoms with Crippen LogP contribution in [0.4, 0.5) is 4.39 Å². The van der Waals surface area contributed by atoms with Crippen molar-refractivity contribution in [1.82, 2.24) is 0 Å². The summed E-state index contributed by atoms with van der Waals surface area (Å²) in [5, 5.41) is 0.532. The molecule has 0 unspecified atom stereocenters. The zero-order valence-corrected chi connectivity index (χ0v) is 12.4. The van der Waals surface area contributed by atoms with Gasteiger partial charge in [0.05, 0.1) is 0 Å². The fraction of sp³-hybridized carbons (Fsp3) is 0.200. The normalized spacial score (nSPS) is 10.2. The molecule has 102 valence electrons. The minimum Gasteiger partial charge on any atom is -0.326 e. The molecule has 0 fully saturated rings. The van der Waals surface area contributed by atoms with Crippen molar-refractivity contribution < 1.29 is 4.39 Å². The van der Waals surface area contributed by atoms with Crippen LogP contribution in [0.3, 0.4) is 0 Å². The number of nitrogens with two attached hydrogens (primary N) is 1. The van der Waals surface area contributed by atoms with Gasteiger partial charge in [0, 0.05) is 17.1 Å². The first-order valence-electron chi connectivity index (χ1n) is 5.78. The van der Waals surface area contributed by atoms with E-state index < -0.39 is 0 Å². The molecule has 0 bridgehead atoms. The topological polar surface area (TPSA) is 26.0 Å². The summed E-state index contributed by atoms with van der Waals surface area (Å²) in [7, 11) is 0. The van der Waals surface area contributed by atoms with Gasteiger partial charge in [-0.2, -0.15) is 0 Å². The van der Waals surface area contributed by atoms with Crippen molar-refractivity contribution in [3.63, 3.8) is 0 Å². The van der Waals surface area contributed by atoms with Gasteiger partial charge in [0.15, 0.2) is 0 Å². The highest BCUT2D eigenvalue weighted by molar-refractivity contribution is 6.30. The third kappa shape index (κ3) is 3.27. The average molecular weight is 300 g/mol. The number of benzene rings is 2. The van der Waals surface area contributed by atoms with Gasteiger partial charge in [-0.25, -0.2) is 4.39 Å². The van der Waals surface area contributed by atoms with Crippen molar-refractivity contribution >= 4 is 24.0 Å². The van der Waals surface area contributed by atoms with Crippen molar-refractivity contribution in [2.75, 3.05) is 0 Å². The molecule has 0 saturated carbocycles. The van der Waals surface area contributed by atoms with Crippen molar-refractivity contribution in [2.45, 2.75) is 20.4 Å². The second kappa shape index (κ2) is 6.38. The Morgan fingerprint density at radius 3 is 2.21 bits per heavy atom. The predicted octanol–water partition coefficient (Wildman–Crippen LogP) is 4.64. The molecule has 1 nitrogen and oxygen atoms in total. The summed E-state index contributed by atoms with van der Waals surface area (Å²) >= 11 is 5.92.